The van der Waals surface area contributed by atoms with E-state index < -0.39 is 16.1 Å². The molecule has 3 aromatic rings. The molecule has 0 fully saturated rings. The number of thiophene rings is 1. The van der Waals surface area contributed by atoms with E-state index in [9.17, 15) is 13.2 Å². The quantitative estimate of drug-likeness (QED) is 0.563. The second-order valence-electron chi connectivity index (χ2n) is 6.96. The van der Waals surface area contributed by atoms with Gasteiger partial charge in [0, 0.05) is 4.88 Å². The van der Waals surface area contributed by atoms with Crippen molar-refractivity contribution in [3.05, 3.63) is 45.6 Å². The van der Waals surface area contributed by atoms with Crippen LogP contribution in [0, 0.1) is 12.8 Å². The Bertz CT molecular complexity index is 1060. The Morgan fingerprint density at radius 1 is 1.25 bits per heavy atom. The maximum atomic E-state index is 12.9. The molecule has 0 aliphatic carbocycles. The molecule has 3 rings (SSSR count). The summed E-state index contributed by atoms with van der Waals surface area (Å²) >= 11 is 2.99. The van der Waals surface area contributed by atoms with Gasteiger partial charge in [0.15, 0.2) is 0 Å². The molecule has 6 nitrogen and oxygen atoms in total. The second-order valence-corrected chi connectivity index (χ2v) is 10.9. The van der Waals surface area contributed by atoms with Gasteiger partial charge < -0.3 is 5.32 Å². The van der Waals surface area contributed by atoms with Crippen molar-refractivity contribution in [2.45, 2.75) is 44.7 Å². The topological polar surface area (TPSA) is 88.2 Å². The third-order valence-corrected chi connectivity index (χ3v) is 7.39. The standard InChI is InChI=1S/C19H23N3O3S3/c1-12(2)9-17(19(23)20-11-14-5-4-8-26-14)22-28(24,25)15-6-7-16-18(10-15)27-13(3)21-16/h4-8,10,12,17,22H,9,11H2,1-3H3,(H,20,23). The fraction of sp³-hybridized carbons (Fsp3) is 0.368. The summed E-state index contributed by atoms with van der Waals surface area (Å²) in [6.07, 6.45) is 0.414. The van der Waals surface area contributed by atoms with Gasteiger partial charge in [-0.25, -0.2) is 13.4 Å². The second kappa shape index (κ2) is 8.69. The van der Waals surface area contributed by atoms with Gasteiger partial charge in [-0.1, -0.05) is 19.9 Å². The summed E-state index contributed by atoms with van der Waals surface area (Å²) in [5, 5.41) is 5.65. The third kappa shape index (κ3) is 5.16. The van der Waals surface area contributed by atoms with Crippen molar-refractivity contribution < 1.29 is 13.2 Å². The van der Waals surface area contributed by atoms with Crippen LogP contribution in [-0.4, -0.2) is 25.4 Å². The zero-order valence-corrected chi connectivity index (χ0v) is 18.4. The minimum absolute atomic E-state index is 0.142. The maximum Gasteiger partial charge on any atom is 0.241 e. The smallest absolute Gasteiger partial charge is 0.241 e. The Morgan fingerprint density at radius 3 is 2.71 bits per heavy atom. The number of fused-ring (bicyclic) bond motifs is 1. The predicted molar refractivity (Wildman–Crippen MR) is 114 cm³/mol. The largest absolute Gasteiger partial charge is 0.350 e. The van der Waals surface area contributed by atoms with Crippen LogP contribution in [0.1, 0.15) is 30.2 Å². The lowest BCUT2D eigenvalue weighted by Crippen LogP contribution is -2.47. The molecule has 0 aliphatic heterocycles. The molecule has 0 bridgehead atoms. The number of sulfonamides is 1. The van der Waals surface area contributed by atoms with E-state index >= 15 is 0 Å². The highest BCUT2D eigenvalue weighted by Crippen LogP contribution is 2.25. The van der Waals surface area contributed by atoms with Crippen LogP contribution in [-0.2, 0) is 21.4 Å². The first-order valence-electron chi connectivity index (χ1n) is 8.94. The SMILES string of the molecule is Cc1nc2ccc(S(=O)(=O)NC(CC(C)C)C(=O)NCc3cccs3)cc2s1. The molecule has 0 aliphatic rings. The first-order chi connectivity index (χ1) is 13.2. The fourth-order valence-electron chi connectivity index (χ4n) is 2.83. The number of aryl methyl sites for hydroxylation is 1. The summed E-state index contributed by atoms with van der Waals surface area (Å²) in [4.78, 5) is 18.2. The molecule has 9 heteroatoms. The van der Waals surface area contributed by atoms with Crippen LogP contribution in [0.4, 0.5) is 0 Å². The van der Waals surface area contributed by atoms with Crippen molar-refractivity contribution in [1.82, 2.24) is 15.0 Å². The Balaban J connectivity index is 1.78. The van der Waals surface area contributed by atoms with Crippen LogP contribution in [0.15, 0.2) is 40.6 Å². The van der Waals surface area contributed by atoms with E-state index in [4.69, 9.17) is 0 Å². The van der Waals surface area contributed by atoms with Crippen LogP contribution in [0.2, 0.25) is 0 Å². The maximum absolute atomic E-state index is 12.9. The van der Waals surface area contributed by atoms with Crippen LogP contribution in [0.5, 0.6) is 0 Å². The van der Waals surface area contributed by atoms with Gasteiger partial charge in [-0.2, -0.15) is 4.72 Å². The highest BCUT2D eigenvalue weighted by molar-refractivity contribution is 7.89. The van der Waals surface area contributed by atoms with E-state index in [1.165, 1.54) is 17.4 Å². The van der Waals surface area contributed by atoms with Crippen molar-refractivity contribution >= 4 is 48.8 Å². The van der Waals surface area contributed by atoms with Gasteiger partial charge in [0.05, 0.1) is 26.7 Å². The summed E-state index contributed by atoms with van der Waals surface area (Å²) in [7, 11) is -3.83. The van der Waals surface area contributed by atoms with Crippen LogP contribution in [0.3, 0.4) is 0 Å². The summed E-state index contributed by atoms with van der Waals surface area (Å²) in [5.41, 5.74) is 0.772. The van der Waals surface area contributed by atoms with Crippen molar-refractivity contribution in [2.75, 3.05) is 0 Å². The van der Waals surface area contributed by atoms with E-state index in [-0.39, 0.29) is 16.7 Å². The molecule has 0 spiro atoms. The third-order valence-electron chi connectivity index (χ3n) is 4.12. The molecule has 1 atom stereocenters. The number of thiazole rings is 1. The summed E-state index contributed by atoms with van der Waals surface area (Å²) in [6.45, 7) is 6.19. The number of hydrogen-bond donors (Lipinski definition) is 2. The fourth-order valence-corrected chi connectivity index (χ4v) is 5.65. The number of hydrogen-bond acceptors (Lipinski definition) is 6. The number of carbonyl (C=O) groups is 1. The van der Waals surface area contributed by atoms with Crippen LogP contribution >= 0.6 is 22.7 Å². The number of amides is 1. The molecule has 0 saturated carbocycles. The Morgan fingerprint density at radius 2 is 2.04 bits per heavy atom. The number of nitrogens with one attached hydrogen (secondary N) is 2. The lowest BCUT2D eigenvalue weighted by molar-refractivity contribution is -0.123. The van der Waals surface area contributed by atoms with E-state index in [1.807, 2.05) is 38.3 Å². The highest BCUT2D eigenvalue weighted by Gasteiger charge is 2.26. The zero-order chi connectivity index (χ0) is 20.3. The summed E-state index contributed by atoms with van der Waals surface area (Å²) in [6, 6.07) is 7.85. The molecule has 1 amide bonds. The summed E-state index contributed by atoms with van der Waals surface area (Å²) in [5.74, 6) is -0.160. The lowest BCUT2D eigenvalue weighted by atomic mass is 10.0. The molecule has 1 aromatic carbocycles. The van der Waals surface area contributed by atoms with Gasteiger partial charge in [0.2, 0.25) is 15.9 Å². The van der Waals surface area contributed by atoms with Gasteiger partial charge in [-0.05, 0) is 48.9 Å². The van der Waals surface area contributed by atoms with Crippen molar-refractivity contribution in [2.24, 2.45) is 5.92 Å². The van der Waals surface area contributed by atoms with Crippen molar-refractivity contribution in [1.29, 1.82) is 0 Å². The highest BCUT2D eigenvalue weighted by atomic mass is 32.2. The van der Waals surface area contributed by atoms with E-state index in [0.717, 1.165) is 20.1 Å². The lowest BCUT2D eigenvalue weighted by Gasteiger charge is -2.20. The van der Waals surface area contributed by atoms with Crippen LogP contribution in [0.25, 0.3) is 10.2 Å². The number of carbonyl (C=O) groups excluding carboxylic acids is 1. The summed E-state index contributed by atoms with van der Waals surface area (Å²) < 4.78 is 29.2. The molecule has 28 heavy (non-hydrogen) atoms. The average molecular weight is 438 g/mol. The van der Waals surface area contributed by atoms with E-state index in [0.29, 0.717) is 13.0 Å². The van der Waals surface area contributed by atoms with Gasteiger partial charge in [0.1, 0.15) is 6.04 Å². The van der Waals surface area contributed by atoms with Crippen LogP contribution < -0.4 is 10.0 Å². The first-order valence-corrected chi connectivity index (χ1v) is 12.1. The number of rotatable bonds is 8. The van der Waals surface area contributed by atoms with E-state index in [2.05, 4.69) is 15.0 Å². The molecular weight excluding hydrogens is 414 g/mol. The van der Waals surface area contributed by atoms with Gasteiger partial charge in [-0.3, -0.25) is 4.79 Å². The molecule has 0 saturated heterocycles. The zero-order valence-electron chi connectivity index (χ0n) is 15.9. The average Bonchev–Trinajstić information content (AvgIpc) is 3.25. The minimum atomic E-state index is -3.83. The first kappa shape index (κ1) is 20.9. The molecule has 2 aromatic heterocycles. The Labute approximate surface area is 173 Å². The van der Waals surface area contributed by atoms with Gasteiger partial charge in [0.25, 0.3) is 0 Å². The molecule has 150 valence electrons. The Hall–Kier alpha value is -1.81. The molecule has 0 radical (unpaired) electrons. The number of aromatic nitrogens is 1. The molecule has 2 heterocycles. The predicted octanol–water partition coefficient (Wildman–Crippen LogP) is 3.68. The van der Waals surface area contributed by atoms with Crippen molar-refractivity contribution in [3.63, 3.8) is 0 Å². The van der Waals surface area contributed by atoms with Crippen molar-refractivity contribution in [3.8, 4) is 0 Å². The Kier molecular flexibility index (Phi) is 6.49. The molecular formula is C19H23N3O3S3. The van der Waals surface area contributed by atoms with E-state index in [1.54, 1.807) is 23.5 Å². The van der Waals surface area contributed by atoms with Gasteiger partial charge >= 0.3 is 0 Å². The molecule has 2 N–H and O–H groups in total. The monoisotopic (exact) mass is 437 g/mol. The normalized spacial score (nSPS) is 13.1. The van der Waals surface area contributed by atoms with Gasteiger partial charge in [-0.15, -0.1) is 22.7 Å². The molecule has 1 unspecified atom stereocenters. The number of nitrogens with zero attached hydrogens (tertiary/aromatic N) is 1. The minimum Gasteiger partial charge on any atom is -0.350 e. The number of benzene rings is 1.